The van der Waals surface area contributed by atoms with Crippen molar-refractivity contribution in [3.63, 3.8) is 0 Å². The molecular formula is C24H26F2N4O3. The summed E-state index contributed by atoms with van der Waals surface area (Å²) in [6.45, 7) is 5.10. The van der Waals surface area contributed by atoms with Crippen molar-refractivity contribution in [3.05, 3.63) is 54.2 Å². The van der Waals surface area contributed by atoms with Crippen LogP contribution in [0.2, 0.25) is 0 Å². The zero-order chi connectivity index (χ0) is 23.6. The van der Waals surface area contributed by atoms with Gasteiger partial charge in [-0.3, -0.25) is 9.48 Å². The number of halogens is 2. The number of ether oxygens (including phenoxy) is 2. The molecule has 0 aliphatic carbocycles. The second kappa shape index (κ2) is 9.27. The predicted molar refractivity (Wildman–Crippen MR) is 123 cm³/mol. The van der Waals surface area contributed by atoms with E-state index in [4.69, 9.17) is 9.47 Å². The number of aliphatic imine (C=N–C) groups is 1. The minimum absolute atomic E-state index is 0.217. The molecule has 0 radical (unpaired) electrons. The highest BCUT2D eigenvalue weighted by Crippen LogP contribution is 2.29. The Hall–Kier alpha value is -3.33. The summed E-state index contributed by atoms with van der Waals surface area (Å²) in [5, 5.41) is 5.45. The highest BCUT2D eigenvalue weighted by molar-refractivity contribution is 6.01. The van der Waals surface area contributed by atoms with Crippen LogP contribution in [0.25, 0.3) is 10.9 Å². The largest absolute Gasteiger partial charge is 0.497 e. The molecule has 4 rings (SSSR count). The number of carbonyl (C=O) groups is 1. The smallest absolute Gasteiger partial charge is 0.324 e. The average Bonchev–Trinajstić information content (AvgIpc) is 3.22. The molecule has 3 aromatic rings. The van der Waals surface area contributed by atoms with E-state index >= 15 is 0 Å². The fourth-order valence-electron chi connectivity index (χ4n) is 3.93. The van der Waals surface area contributed by atoms with Crippen molar-refractivity contribution in [2.45, 2.75) is 25.8 Å². The number of nitrogens with zero attached hydrogens (tertiary/aromatic N) is 4. The lowest BCUT2D eigenvalue weighted by atomic mass is 10.0. The zero-order valence-electron chi connectivity index (χ0n) is 18.8. The summed E-state index contributed by atoms with van der Waals surface area (Å²) < 4.78 is 39.5. The third-order valence-corrected chi connectivity index (χ3v) is 5.68. The summed E-state index contributed by atoms with van der Waals surface area (Å²) >= 11 is 0. The number of rotatable bonds is 6. The van der Waals surface area contributed by atoms with Gasteiger partial charge in [0.05, 0.1) is 32.0 Å². The Morgan fingerprint density at radius 1 is 1.18 bits per heavy atom. The van der Waals surface area contributed by atoms with Crippen LogP contribution in [0.15, 0.2) is 53.7 Å². The van der Waals surface area contributed by atoms with Crippen LogP contribution in [0.5, 0.6) is 5.75 Å². The van der Waals surface area contributed by atoms with Gasteiger partial charge in [0.25, 0.3) is 0 Å². The van der Waals surface area contributed by atoms with E-state index in [9.17, 15) is 13.6 Å². The third kappa shape index (κ3) is 4.88. The van der Waals surface area contributed by atoms with Gasteiger partial charge in [-0.1, -0.05) is 12.1 Å². The average molecular weight is 456 g/mol. The van der Waals surface area contributed by atoms with Crippen molar-refractivity contribution in [1.82, 2.24) is 9.78 Å². The van der Waals surface area contributed by atoms with Gasteiger partial charge in [-0.15, -0.1) is 0 Å². The maximum atomic E-state index is 13.5. The molecule has 1 fully saturated rings. The molecular weight excluding hydrogens is 430 g/mol. The number of hydrogen-bond acceptors (Lipinski definition) is 5. The minimum atomic E-state index is -3.55. The van der Waals surface area contributed by atoms with Crippen molar-refractivity contribution < 1.29 is 23.0 Å². The van der Waals surface area contributed by atoms with Crippen LogP contribution < -0.4 is 9.64 Å². The van der Waals surface area contributed by atoms with Crippen LogP contribution in [0.3, 0.4) is 0 Å². The molecule has 1 aliphatic rings. The number of alkyl halides is 2. The number of hydrogen-bond donors (Lipinski definition) is 0. The van der Waals surface area contributed by atoms with Crippen molar-refractivity contribution in [3.8, 4) is 5.75 Å². The van der Waals surface area contributed by atoms with Crippen LogP contribution in [-0.4, -0.2) is 60.7 Å². The van der Waals surface area contributed by atoms with Gasteiger partial charge in [-0.25, -0.2) is 4.99 Å². The normalized spacial score (nSPS) is 16.2. The molecule has 0 unspecified atom stereocenters. The van der Waals surface area contributed by atoms with Gasteiger partial charge >= 0.3 is 11.8 Å². The summed E-state index contributed by atoms with van der Waals surface area (Å²) in [5.41, 5.74) is 2.83. The first-order valence-electron chi connectivity index (χ1n) is 10.7. The number of amides is 1. The van der Waals surface area contributed by atoms with E-state index in [2.05, 4.69) is 15.0 Å². The maximum Gasteiger partial charge on any atom is 0.324 e. The topological polar surface area (TPSA) is 69.0 Å². The summed E-state index contributed by atoms with van der Waals surface area (Å²) in [5.74, 6) is -4.38. The predicted octanol–water partition coefficient (Wildman–Crippen LogP) is 4.11. The highest BCUT2D eigenvalue weighted by atomic mass is 19.3. The quantitative estimate of drug-likeness (QED) is 0.522. The van der Waals surface area contributed by atoms with Gasteiger partial charge in [0, 0.05) is 36.8 Å². The van der Waals surface area contributed by atoms with E-state index in [1.54, 1.807) is 37.0 Å². The molecule has 0 saturated carbocycles. The molecule has 1 atom stereocenters. The van der Waals surface area contributed by atoms with Crippen molar-refractivity contribution in [2.75, 3.05) is 38.3 Å². The van der Waals surface area contributed by atoms with Gasteiger partial charge in [0.1, 0.15) is 11.8 Å². The lowest BCUT2D eigenvalue weighted by Gasteiger charge is -2.29. The molecule has 0 spiro atoms. The number of anilines is 1. The van der Waals surface area contributed by atoms with Crippen LogP contribution >= 0.6 is 0 Å². The number of methoxy groups -OCH3 is 1. The van der Waals surface area contributed by atoms with Crippen molar-refractivity contribution in [1.29, 1.82) is 0 Å². The Kier molecular flexibility index (Phi) is 6.42. The second-order valence-corrected chi connectivity index (χ2v) is 8.05. The lowest BCUT2D eigenvalue weighted by molar-refractivity contribution is -0.139. The Morgan fingerprint density at radius 3 is 2.52 bits per heavy atom. The highest BCUT2D eigenvalue weighted by Gasteiger charge is 2.33. The minimum Gasteiger partial charge on any atom is -0.497 e. The second-order valence-electron chi connectivity index (χ2n) is 8.05. The summed E-state index contributed by atoms with van der Waals surface area (Å²) in [6, 6.07) is 12.5. The molecule has 1 amide bonds. The van der Waals surface area contributed by atoms with E-state index in [1.807, 2.05) is 30.3 Å². The fraction of sp³-hybridized carbons (Fsp3) is 0.375. The van der Waals surface area contributed by atoms with E-state index in [0.717, 1.165) is 35.2 Å². The van der Waals surface area contributed by atoms with E-state index < -0.39 is 17.9 Å². The van der Waals surface area contributed by atoms with Crippen molar-refractivity contribution in [2.24, 2.45) is 4.99 Å². The standard InChI is InChI=1S/C24H26F2N4O3/c1-16(28-23(31)24(2,25)26)22(17-4-7-20(32-3)8-5-17)30-21-9-6-19(14-18(21)15-27-30)29-10-12-33-13-11-29/h4-9,14-15,22H,10-13H2,1-3H3/t22-/m1/s1. The van der Waals surface area contributed by atoms with Gasteiger partial charge in [0.2, 0.25) is 0 Å². The summed E-state index contributed by atoms with van der Waals surface area (Å²) in [6.07, 6.45) is 1.74. The Morgan fingerprint density at radius 2 is 1.88 bits per heavy atom. The first kappa shape index (κ1) is 22.8. The number of benzene rings is 2. The molecule has 174 valence electrons. The molecule has 1 aromatic heterocycles. The van der Waals surface area contributed by atoms with Gasteiger partial charge in [-0.05, 0) is 42.8 Å². The Labute approximate surface area is 190 Å². The lowest BCUT2D eigenvalue weighted by Crippen LogP contribution is -2.36. The van der Waals surface area contributed by atoms with Crippen LogP contribution in [0.4, 0.5) is 14.5 Å². The molecule has 2 heterocycles. The van der Waals surface area contributed by atoms with Crippen LogP contribution in [0.1, 0.15) is 25.5 Å². The number of carbonyl (C=O) groups excluding carboxylic acids is 1. The van der Waals surface area contributed by atoms with E-state index in [1.165, 1.54) is 0 Å². The van der Waals surface area contributed by atoms with Crippen LogP contribution in [0, 0.1) is 0 Å². The molecule has 2 aromatic carbocycles. The first-order chi connectivity index (χ1) is 15.8. The Bertz CT molecular complexity index is 1160. The molecule has 7 nitrogen and oxygen atoms in total. The third-order valence-electron chi connectivity index (χ3n) is 5.68. The van der Waals surface area contributed by atoms with Crippen LogP contribution in [-0.2, 0) is 9.53 Å². The monoisotopic (exact) mass is 456 g/mol. The molecule has 0 bridgehead atoms. The summed E-state index contributed by atoms with van der Waals surface area (Å²) in [4.78, 5) is 17.9. The molecule has 9 heteroatoms. The molecule has 33 heavy (non-hydrogen) atoms. The first-order valence-corrected chi connectivity index (χ1v) is 10.7. The SMILES string of the molecule is COc1ccc([C@@H](C(C)=NC(=O)C(C)(F)F)n2ncc3cc(N4CCOCC4)ccc32)cc1. The van der Waals surface area contributed by atoms with Gasteiger partial charge < -0.3 is 14.4 Å². The number of aromatic nitrogens is 2. The van der Waals surface area contributed by atoms with Crippen molar-refractivity contribution >= 4 is 28.2 Å². The zero-order valence-corrected chi connectivity index (χ0v) is 18.8. The maximum absolute atomic E-state index is 13.5. The molecule has 1 saturated heterocycles. The number of fused-ring (bicyclic) bond motifs is 1. The Balaban J connectivity index is 1.77. The molecule has 0 N–H and O–H groups in total. The summed E-state index contributed by atoms with van der Waals surface area (Å²) in [7, 11) is 1.56. The van der Waals surface area contributed by atoms with Gasteiger partial charge in [0.15, 0.2) is 0 Å². The fourth-order valence-corrected chi connectivity index (χ4v) is 3.93. The molecule has 1 aliphatic heterocycles. The number of morpholine rings is 1. The van der Waals surface area contributed by atoms with Gasteiger partial charge in [-0.2, -0.15) is 13.9 Å². The van der Waals surface area contributed by atoms with E-state index in [-0.39, 0.29) is 5.71 Å². The van der Waals surface area contributed by atoms with E-state index in [0.29, 0.717) is 25.9 Å².